The van der Waals surface area contributed by atoms with Crippen molar-refractivity contribution in [2.24, 2.45) is 5.73 Å². The highest BCUT2D eigenvalue weighted by atomic mass is 32.1. The van der Waals surface area contributed by atoms with Crippen LogP contribution in [-0.4, -0.2) is 11.9 Å². The minimum absolute atomic E-state index is 0.295. The van der Waals surface area contributed by atoms with Crippen LogP contribution in [0.5, 0.6) is 0 Å². The Morgan fingerprint density at radius 2 is 2.31 bits per heavy atom. The lowest BCUT2D eigenvalue weighted by Crippen LogP contribution is -2.34. The van der Waals surface area contributed by atoms with Gasteiger partial charge in [0.1, 0.15) is 6.04 Å². The van der Waals surface area contributed by atoms with Crippen LogP contribution in [0.1, 0.15) is 13.3 Å². The van der Waals surface area contributed by atoms with Crippen molar-refractivity contribution in [2.75, 3.05) is 5.32 Å². The summed E-state index contributed by atoms with van der Waals surface area (Å²) in [5, 5.41) is 6.38. The second-order valence-corrected chi connectivity index (χ2v) is 4.63. The summed E-state index contributed by atoms with van der Waals surface area (Å²) in [5.74, 6) is -0.312. The number of primary amides is 1. The second kappa shape index (κ2) is 4.53. The summed E-state index contributed by atoms with van der Waals surface area (Å²) in [6.07, 6.45) is 0.691. The molecule has 1 aromatic heterocycles. The van der Waals surface area contributed by atoms with Gasteiger partial charge in [0, 0.05) is 10.4 Å². The van der Waals surface area contributed by atoms with Gasteiger partial charge in [-0.05, 0) is 41.5 Å². The first kappa shape index (κ1) is 11.0. The first-order valence-corrected chi connectivity index (χ1v) is 6.12. The largest absolute Gasteiger partial charge is 0.374 e. The van der Waals surface area contributed by atoms with Gasteiger partial charge in [-0.15, -0.1) is 11.3 Å². The number of nitrogens with one attached hydrogen (secondary N) is 1. The number of hydrogen-bond acceptors (Lipinski definition) is 3. The molecule has 2 aromatic rings. The lowest BCUT2D eigenvalue weighted by molar-refractivity contribution is -0.118. The Morgan fingerprint density at radius 3 is 3.00 bits per heavy atom. The molecule has 0 saturated heterocycles. The van der Waals surface area contributed by atoms with E-state index in [1.54, 1.807) is 11.3 Å². The molecule has 4 heteroatoms. The van der Waals surface area contributed by atoms with Crippen LogP contribution in [0, 0.1) is 0 Å². The number of nitrogens with two attached hydrogens (primary N) is 1. The first-order valence-electron chi connectivity index (χ1n) is 5.24. The lowest BCUT2D eigenvalue weighted by Gasteiger charge is -2.14. The fraction of sp³-hybridized carbons (Fsp3) is 0.250. The molecule has 0 aliphatic carbocycles. The molecule has 84 valence electrons. The smallest absolute Gasteiger partial charge is 0.239 e. The van der Waals surface area contributed by atoms with Crippen LogP contribution in [0.3, 0.4) is 0 Å². The maximum atomic E-state index is 11.1. The summed E-state index contributed by atoms with van der Waals surface area (Å²) in [7, 11) is 0. The zero-order valence-electron chi connectivity index (χ0n) is 9.07. The number of anilines is 1. The predicted molar refractivity (Wildman–Crippen MR) is 68.7 cm³/mol. The van der Waals surface area contributed by atoms with Crippen molar-refractivity contribution in [2.45, 2.75) is 19.4 Å². The van der Waals surface area contributed by atoms with Crippen LogP contribution >= 0.6 is 11.3 Å². The Morgan fingerprint density at radius 1 is 1.50 bits per heavy atom. The molecule has 3 N–H and O–H groups in total. The van der Waals surface area contributed by atoms with E-state index in [0.717, 1.165) is 5.69 Å². The number of amides is 1. The molecule has 3 nitrogen and oxygen atoms in total. The SMILES string of the molecule is CCC(Nc1ccc2sccc2c1)C(N)=O. The van der Waals surface area contributed by atoms with Crippen molar-refractivity contribution in [3.8, 4) is 0 Å². The van der Waals surface area contributed by atoms with E-state index in [4.69, 9.17) is 5.73 Å². The Balaban J connectivity index is 2.23. The highest BCUT2D eigenvalue weighted by Gasteiger charge is 2.12. The van der Waals surface area contributed by atoms with Crippen LogP contribution in [-0.2, 0) is 4.79 Å². The Kier molecular flexibility index (Phi) is 3.10. The third-order valence-corrected chi connectivity index (χ3v) is 3.44. The molecule has 2 rings (SSSR count). The Bertz CT molecular complexity index is 506. The van der Waals surface area contributed by atoms with Crippen LogP contribution in [0.15, 0.2) is 29.6 Å². The lowest BCUT2D eigenvalue weighted by atomic mass is 10.2. The summed E-state index contributed by atoms with van der Waals surface area (Å²) < 4.78 is 1.25. The van der Waals surface area contributed by atoms with Crippen LogP contribution in [0.4, 0.5) is 5.69 Å². The maximum Gasteiger partial charge on any atom is 0.239 e. The van der Waals surface area contributed by atoms with Crippen molar-refractivity contribution in [3.63, 3.8) is 0 Å². The third kappa shape index (κ3) is 2.17. The van der Waals surface area contributed by atoms with E-state index < -0.39 is 0 Å². The molecular weight excluding hydrogens is 220 g/mol. The average Bonchev–Trinajstić information content (AvgIpc) is 2.72. The van der Waals surface area contributed by atoms with Crippen molar-refractivity contribution in [1.29, 1.82) is 0 Å². The van der Waals surface area contributed by atoms with Crippen LogP contribution in [0.2, 0.25) is 0 Å². The van der Waals surface area contributed by atoms with Gasteiger partial charge >= 0.3 is 0 Å². The van der Waals surface area contributed by atoms with Gasteiger partial charge in [0.2, 0.25) is 5.91 Å². The number of hydrogen-bond donors (Lipinski definition) is 2. The number of thiophene rings is 1. The van der Waals surface area contributed by atoms with E-state index >= 15 is 0 Å². The molecule has 0 aliphatic rings. The van der Waals surface area contributed by atoms with Crippen LogP contribution in [0.25, 0.3) is 10.1 Å². The molecule has 1 aromatic carbocycles. The van der Waals surface area contributed by atoms with E-state index in [2.05, 4.69) is 22.8 Å². The van der Waals surface area contributed by atoms with Gasteiger partial charge < -0.3 is 11.1 Å². The van der Waals surface area contributed by atoms with Crippen molar-refractivity contribution in [3.05, 3.63) is 29.6 Å². The molecule has 0 saturated carbocycles. The molecule has 0 aliphatic heterocycles. The first-order chi connectivity index (χ1) is 7.70. The van der Waals surface area contributed by atoms with E-state index in [1.807, 2.05) is 19.1 Å². The minimum Gasteiger partial charge on any atom is -0.374 e. The van der Waals surface area contributed by atoms with Gasteiger partial charge in [-0.3, -0.25) is 4.79 Å². The van der Waals surface area contributed by atoms with Crippen molar-refractivity contribution >= 4 is 33.0 Å². The van der Waals surface area contributed by atoms with Gasteiger partial charge in [0.15, 0.2) is 0 Å². The highest BCUT2D eigenvalue weighted by molar-refractivity contribution is 7.17. The summed E-state index contributed by atoms with van der Waals surface area (Å²) in [6.45, 7) is 1.94. The van der Waals surface area contributed by atoms with Gasteiger partial charge in [-0.1, -0.05) is 6.92 Å². The highest BCUT2D eigenvalue weighted by Crippen LogP contribution is 2.24. The summed E-state index contributed by atoms with van der Waals surface area (Å²) in [4.78, 5) is 11.1. The zero-order chi connectivity index (χ0) is 11.5. The van der Waals surface area contributed by atoms with Gasteiger partial charge in [0.25, 0.3) is 0 Å². The average molecular weight is 234 g/mol. The fourth-order valence-electron chi connectivity index (χ4n) is 1.63. The topological polar surface area (TPSA) is 55.1 Å². The van der Waals surface area contributed by atoms with Gasteiger partial charge in [-0.2, -0.15) is 0 Å². The van der Waals surface area contributed by atoms with Crippen molar-refractivity contribution < 1.29 is 4.79 Å². The van der Waals surface area contributed by atoms with E-state index in [1.165, 1.54) is 10.1 Å². The van der Waals surface area contributed by atoms with E-state index in [9.17, 15) is 4.79 Å². The van der Waals surface area contributed by atoms with Gasteiger partial charge in [0.05, 0.1) is 0 Å². The van der Waals surface area contributed by atoms with Crippen LogP contribution < -0.4 is 11.1 Å². The monoisotopic (exact) mass is 234 g/mol. The number of carbonyl (C=O) groups is 1. The second-order valence-electron chi connectivity index (χ2n) is 3.68. The Labute approximate surface area is 98.3 Å². The standard InChI is InChI=1S/C12H14N2OS/c1-2-10(12(13)15)14-9-3-4-11-8(7-9)5-6-16-11/h3-7,10,14H,2H2,1H3,(H2,13,15). The number of rotatable bonds is 4. The van der Waals surface area contributed by atoms with Crippen molar-refractivity contribution in [1.82, 2.24) is 0 Å². The molecule has 16 heavy (non-hydrogen) atoms. The normalized spacial score (nSPS) is 12.6. The quantitative estimate of drug-likeness (QED) is 0.854. The van der Waals surface area contributed by atoms with Gasteiger partial charge in [-0.25, -0.2) is 0 Å². The molecule has 1 amide bonds. The zero-order valence-corrected chi connectivity index (χ0v) is 9.88. The fourth-order valence-corrected chi connectivity index (χ4v) is 2.40. The molecule has 0 spiro atoms. The van der Waals surface area contributed by atoms with E-state index in [-0.39, 0.29) is 11.9 Å². The molecule has 1 heterocycles. The third-order valence-electron chi connectivity index (χ3n) is 2.54. The molecule has 0 radical (unpaired) electrons. The summed E-state index contributed by atoms with van der Waals surface area (Å²) in [6, 6.07) is 7.84. The molecule has 0 bridgehead atoms. The molecule has 0 fully saturated rings. The number of benzene rings is 1. The summed E-state index contributed by atoms with van der Waals surface area (Å²) >= 11 is 1.71. The molecule has 1 atom stereocenters. The number of fused-ring (bicyclic) bond motifs is 1. The molecular formula is C12H14N2OS. The molecule has 1 unspecified atom stereocenters. The minimum atomic E-state index is -0.312. The number of carbonyl (C=O) groups excluding carboxylic acids is 1. The maximum absolute atomic E-state index is 11.1. The Hall–Kier alpha value is -1.55. The summed E-state index contributed by atoms with van der Waals surface area (Å²) in [5.41, 5.74) is 6.23. The van der Waals surface area contributed by atoms with E-state index in [0.29, 0.717) is 6.42 Å². The predicted octanol–water partition coefficient (Wildman–Crippen LogP) is 2.58.